The molecule has 1 heterocycles. The standard InChI is InChI=1S/C11H21IN2O2/c1-3-4-5-6-9(13-12)10(15)14-7-11(2,16)8-14/h9,13,16H,3-8H2,1-2H3. The number of amides is 1. The zero-order chi connectivity index (χ0) is 12.2. The second-order valence-corrected chi connectivity index (χ2v) is 5.47. The Hall–Kier alpha value is 0.120. The first kappa shape index (κ1) is 14.2. The number of halogens is 1. The minimum absolute atomic E-state index is 0.0942. The van der Waals surface area contributed by atoms with Gasteiger partial charge in [-0.1, -0.05) is 26.2 Å². The minimum Gasteiger partial charge on any atom is -0.386 e. The van der Waals surface area contributed by atoms with Crippen molar-refractivity contribution in [1.29, 1.82) is 0 Å². The molecule has 1 aliphatic heterocycles. The highest BCUT2D eigenvalue weighted by atomic mass is 127. The van der Waals surface area contributed by atoms with Crippen LogP contribution in [0.15, 0.2) is 0 Å². The Morgan fingerprint density at radius 1 is 1.56 bits per heavy atom. The number of β-amino-alcohol motifs (C(OH)–C–C–N with tert-alkyl or cyclic N) is 1. The van der Waals surface area contributed by atoms with Crippen LogP contribution in [0.4, 0.5) is 0 Å². The number of rotatable bonds is 6. The minimum atomic E-state index is -0.672. The number of hydrogen-bond acceptors (Lipinski definition) is 3. The maximum Gasteiger partial charge on any atom is 0.240 e. The van der Waals surface area contributed by atoms with Crippen LogP contribution in [-0.4, -0.2) is 40.6 Å². The molecule has 5 heteroatoms. The number of unbranched alkanes of at least 4 members (excludes halogenated alkanes) is 2. The van der Waals surface area contributed by atoms with Crippen molar-refractivity contribution in [2.24, 2.45) is 0 Å². The van der Waals surface area contributed by atoms with Crippen LogP contribution in [0.3, 0.4) is 0 Å². The van der Waals surface area contributed by atoms with Gasteiger partial charge < -0.3 is 10.0 Å². The Morgan fingerprint density at radius 2 is 2.19 bits per heavy atom. The maximum absolute atomic E-state index is 12.0. The predicted octanol–water partition coefficient (Wildman–Crippen LogP) is 1.47. The molecular formula is C11H21IN2O2. The highest BCUT2D eigenvalue weighted by Crippen LogP contribution is 2.21. The van der Waals surface area contributed by atoms with E-state index in [1.807, 2.05) is 22.9 Å². The quantitative estimate of drug-likeness (QED) is 0.437. The van der Waals surface area contributed by atoms with Gasteiger partial charge in [0.2, 0.25) is 5.91 Å². The zero-order valence-corrected chi connectivity index (χ0v) is 12.2. The largest absolute Gasteiger partial charge is 0.386 e. The molecule has 0 saturated carbocycles. The summed E-state index contributed by atoms with van der Waals surface area (Å²) in [6.07, 6.45) is 4.29. The van der Waals surface area contributed by atoms with Crippen molar-refractivity contribution >= 4 is 28.8 Å². The molecule has 1 saturated heterocycles. The first-order valence-corrected chi connectivity index (χ1v) is 6.95. The summed E-state index contributed by atoms with van der Waals surface area (Å²) in [5, 5.41) is 9.58. The van der Waals surface area contributed by atoms with Crippen molar-refractivity contribution < 1.29 is 9.90 Å². The summed E-state index contributed by atoms with van der Waals surface area (Å²) in [5.74, 6) is 0.122. The van der Waals surface area contributed by atoms with Crippen molar-refractivity contribution in [3.63, 3.8) is 0 Å². The van der Waals surface area contributed by atoms with E-state index in [9.17, 15) is 9.90 Å². The molecule has 0 aromatic heterocycles. The van der Waals surface area contributed by atoms with Gasteiger partial charge >= 0.3 is 0 Å². The van der Waals surface area contributed by atoms with Gasteiger partial charge in [-0.2, -0.15) is 0 Å². The fourth-order valence-electron chi connectivity index (χ4n) is 1.98. The molecule has 1 atom stereocenters. The van der Waals surface area contributed by atoms with E-state index in [-0.39, 0.29) is 11.9 Å². The molecule has 1 amide bonds. The average Bonchev–Trinajstić information content (AvgIpc) is 2.20. The Labute approximate surface area is 111 Å². The monoisotopic (exact) mass is 340 g/mol. The summed E-state index contributed by atoms with van der Waals surface area (Å²) in [4.78, 5) is 13.7. The fourth-order valence-corrected chi connectivity index (χ4v) is 2.55. The smallest absolute Gasteiger partial charge is 0.240 e. The first-order valence-electron chi connectivity index (χ1n) is 5.87. The van der Waals surface area contributed by atoms with Gasteiger partial charge in [-0.15, -0.1) is 0 Å². The summed E-state index contributed by atoms with van der Waals surface area (Å²) in [6.45, 7) is 4.85. The van der Waals surface area contributed by atoms with E-state index < -0.39 is 5.60 Å². The van der Waals surface area contributed by atoms with E-state index in [0.29, 0.717) is 13.1 Å². The summed E-state index contributed by atoms with van der Waals surface area (Å²) >= 11 is 2.04. The Morgan fingerprint density at radius 3 is 2.62 bits per heavy atom. The lowest BCUT2D eigenvalue weighted by Gasteiger charge is -2.45. The van der Waals surface area contributed by atoms with Crippen LogP contribution in [0, 0.1) is 0 Å². The molecule has 1 fully saturated rings. The predicted molar refractivity (Wildman–Crippen MR) is 72.3 cm³/mol. The van der Waals surface area contributed by atoms with Gasteiger partial charge in [0.05, 0.1) is 24.7 Å². The molecule has 1 rings (SSSR count). The lowest BCUT2D eigenvalue weighted by molar-refractivity contribution is -0.154. The number of carbonyl (C=O) groups is 1. The summed E-state index contributed by atoms with van der Waals surface area (Å²) in [7, 11) is 0. The molecule has 0 bridgehead atoms. The van der Waals surface area contributed by atoms with Crippen molar-refractivity contribution in [2.45, 2.75) is 51.2 Å². The van der Waals surface area contributed by atoms with Gasteiger partial charge in [-0.3, -0.25) is 4.79 Å². The number of likely N-dealkylation sites (tertiary alicyclic amines) is 1. The van der Waals surface area contributed by atoms with Crippen LogP contribution >= 0.6 is 22.9 Å². The maximum atomic E-state index is 12.0. The molecule has 0 aromatic carbocycles. The highest BCUT2D eigenvalue weighted by Gasteiger charge is 2.41. The third-order valence-corrected chi connectivity index (χ3v) is 3.65. The van der Waals surface area contributed by atoms with Crippen LogP contribution in [-0.2, 0) is 4.79 Å². The molecule has 2 N–H and O–H groups in total. The van der Waals surface area contributed by atoms with Crippen molar-refractivity contribution in [3.8, 4) is 0 Å². The van der Waals surface area contributed by atoms with Crippen molar-refractivity contribution in [1.82, 2.24) is 8.43 Å². The van der Waals surface area contributed by atoms with Crippen LogP contribution in [0.2, 0.25) is 0 Å². The molecule has 1 aliphatic rings. The van der Waals surface area contributed by atoms with Crippen LogP contribution < -0.4 is 3.53 Å². The molecule has 94 valence electrons. The Bertz CT molecular complexity index is 238. The average molecular weight is 340 g/mol. The summed E-state index contributed by atoms with van der Waals surface area (Å²) < 4.78 is 3.03. The van der Waals surface area contributed by atoms with Crippen LogP contribution in [0.25, 0.3) is 0 Å². The second kappa shape index (κ2) is 6.16. The molecule has 1 unspecified atom stereocenters. The van der Waals surface area contributed by atoms with E-state index in [4.69, 9.17) is 0 Å². The van der Waals surface area contributed by atoms with E-state index in [0.717, 1.165) is 12.8 Å². The number of carbonyl (C=O) groups excluding carboxylic acids is 1. The summed E-state index contributed by atoms with van der Waals surface area (Å²) in [5.41, 5.74) is -0.672. The fraction of sp³-hybridized carbons (Fsp3) is 0.909. The molecule has 16 heavy (non-hydrogen) atoms. The van der Waals surface area contributed by atoms with Gasteiger partial charge in [-0.05, 0) is 13.3 Å². The molecule has 4 nitrogen and oxygen atoms in total. The lowest BCUT2D eigenvalue weighted by Crippen LogP contribution is -2.64. The molecule has 0 radical (unpaired) electrons. The Balaban J connectivity index is 2.33. The second-order valence-electron chi connectivity index (χ2n) is 4.85. The van der Waals surface area contributed by atoms with Crippen LogP contribution in [0.5, 0.6) is 0 Å². The van der Waals surface area contributed by atoms with Gasteiger partial charge in [0.25, 0.3) is 0 Å². The van der Waals surface area contributed by atoms with E-state index in [1.165, 1.54) is 12.8 Å². The van der Waals surface area contributed by atoms with Crippen LogP contribution in [0.1, 0.15) is 39.5 Å². The summed E-state index contributed by atoms with van der Waals surface area (Å²) in [6, 6.07) is -0.0942. The highest BCUT2D eigenvalue weighted by molar-refractivity contribution is 14.1. The van der Waals surface area contributed by atoms with Gasteiger partial charge in [0, 0.05) is 22.9 Å². The Kier molecular flexibility index (Phi) is 5.46. The topological polar surface area (TPSA) is 52.6 Å². The van der Waals surface area contributed by atoms with Crippen molar-refractivity contribution in [3.05, 3.63) is 0 Å². The number of aliphatic hydroxyl groups is 1. The third kappa shape index (κ3) is 3.85. The normalized spacial score (nSPS) is 20.4. The van der Waals surface area contributed by atoms with E-state index in [2.05, 4.69) is 10.5 Å². The molecule has 0 aromatic rings. The number of nitrogens with zero attached hydrogens (tertiary/aromatic N) is 1. The SMILES string of the molecule is CCCCCC(NI)C(=O)N1CC(C)(O)C1. The number of nitrogens with one attached hydrogen (secondary N) is 1. The van der Waals surface area contributed by atoms with Crippen molar-refractivity contribution in [2.75, 3.05) is 13.1 Å². The molecule has 0 spiro atoms. The van der Waals surface area contributed by atoms with E-state index in [1.54, 1.807) is 11.8 Å². The van der Waals surface area contributed by atoms with Gasteiger partial charge in [0.15, 0.2) is 0 Å². The molecule has 0 aliphatic carbocycles. The lowest BCUT2D eigenvalue weighted by atomic mass is 9.95. The molecular weight excluding hydrogens is 319 g/mol. The first-order chi connectivity index (χ1) is 7.50. The van der Waals surface area contributed by atoms with Gasteiger partial charge in [0.1, 0.15) is 0 Å². The number of hydrogen-bond donors (Lipinski definition) is 2. The zero-order valence-electron chi connectivity index (χ0n) is 10.0. The third-order valence-electron chi connectivity index (χ3n) is 2.90. The van der Waals surface area contributed by atoms with Gasteiger partial charge in [-0.25, -0.2) is 3.53 Å². The van der Waals surface area contributed by atoms with E-state index >= 15 is 0 Å².